The number of pyridine rings is 2. The lowest BCUT2D eigenvalue weighted by molar-refractivity contribution is 1.06. The highest BCUT2D eigenvalue weighted by Gasteiger charge is 2.16. The molecule has 266 valence electrons. The first-order valence-electron chi connectivity index (χ1n) is 18.9. The van der Waals surface area contributed by atoms with Gasteiger partial charge in [0.2, 0.25) is 0 Å². The molecule has 4 nitrogen and oxygen atoms in total. The van der Waals surface area contributed by atoms with E-state index >= 15 is 0 Å². The minimum absolute atomic E-state index is 0.0104. The van der Waals surface area contributed by atoms with Gasteiger partial charge in [-0.1, -0.05) is 132 Å². The van der Waals surface area contributed by atoms with Crippen molar-refractivity contribution in [3.63, 3.8) is 0 Å². The fraction of sp³-hybridized carbons (Fsp3) is 0.0385. The normalized spacial score (nSPS) is 11.5. The van der Waals surface area contributed by atoms with Gasteiger partial charge in [0.15, 0.2) is 0 Å². The summed E-state index contributed by atoms with van der Waals surface area (Å²) in [6.45, 7) is 4.05. The molecule has 0 aliphatic heterocycles. The van der Waals surface area contributed by atoms with Gasteiger partial charge in [-0.2, -0.15) is 0 Å². The number of rotatable bonds is 5. The van der Waals surface area contributed by atoms with E-state index in [0.29, 0.717) is 0 Å². The minimum Gasteiger partial charge on any atom is -0.276 e. The monoisotopic (exact) mass is 720 g/mol. The van der Waals surface area contributed by atoms with Crippen LogP contribution in [0.1, 0.15) is 11.1 Å². The third-order valence-corrected chi connectivity index (χ3v) is 11.1. The summed E-state index contributed by atoms with van der Waals surface area (Å²) in [5.41, 5.74) is 12.2. The van der Waals surface area contributed by atoms with Gasteiger partial charge in [-0.15, -0.1) is 0 Å². The lowest BCUT2D eigenvalue weighted by Crippen LogP contribution is -2.19. The van der Waals surface area contributed by atoms with Crippen LogP contribution >= 0.6 is 0 Å². The van der Waals surface area contributed by atoms with E-state index in [0.717, 1.165) is 99.2 Å². The van der Waals surface area contributed by atoms with Crippen LogP contribution in [0.25, 0.3) is 88.1 Å². The topological polar surface area (TPSA) is 44.0 Å². The highest BCUT2D eigenvalue weighted by molar-refractivity contribution is 6.09. The van der Waals surface area contributed by atoms with Gasteiger partial charge >= 0.3 is 0 Å². The van der Waals surface area contributed by atoms with E-state index in [9.17, 15) is 9.59 Å². The average molecular weight is 721 g/mol. The third kappa shape index (κ3) is 5.54. The number of fused-ring (bicyclic) bond motifs is 6. The molecule has 0 bridgehead atoms. The molecule has 0 aliphatic rings. The first-order valence-corrected chi connectivity index (χ1v) is 18.9. The van der Waals surface area contributed by atoms with E-state index in [2.05, 4.69) is 109 Å². The summed E-state index contributed by atoms with van der Waals surface area (Å²) in [6.07, 6.45) is 0. The van der Waals surface area contributed by atoms with Crippen molar-refractivity contribution in [2.24, 2.45) is 0 Å². The molecule has 0 fully saturated rings. The average Bonchev–Trinajstić information content (AvgIpc) is 3.24. The van der Waals surface area contributed by atoms with Crippen molar-refractivity contribution in [1.29, 1.82) is 0 Å². The molecule has 0 aliphatic carbocycles. The van der Waals surface area contributed by atoms with Crippen molar-refractivity contribution >= 4 is 43.4 Å². The second kappa shape index (κ2) is 13.2. The SMILES string of the molecule is Cc1ccc2c(c1)c(=O)n(-c1ccccc1)c1ccc(-c3ccc(-c4ccc(-c5ccc6c(c5)c5ccc(C)cc5c(=O)n6-c5ccccc5)cc4)cc3)cc21. The fourth-order valence-corrected chi connectivity index (χ4v) is 8.23. The molecule has 0 amide bonds. The van der Waals surface area contributed by atoms with Crippen LogP contribution in [0.3, 0.4) is 0 Å². The van der Waals surface area contributed by atoms with Crippen molar-refractivity contribution < 1.29 is 0 Å². The van der Waals surface area contributed by atoms with E-state index in [4.69, 9.17) is 0 Å². The number of aromatic nitrogens is 2. The Labute approximate surface area is 323 Å². The summed E-state index contributed by atoms with van der Waals surface area (Å²) in [5.74, 6) is 0. The maximum absolute atomic E-state index is 13.9. The smallest absolute Gasteiger partial charge is 0.263 e. The zero-order valence-corrected chi connectivity index (χ0v) is 31.0. The molecule has 4 heteroatoms. The molecule has 0 radical (unpaired) electrons. The highest BCUT2D eigenvalue weighted by Crippen LogP contribution is 2.34. The van der Waals surface area contributed by atoms with E-state index < -0.39 is 0 Å². The van der Waals surface area contributed by atoms with Crippen LogP contribution in [-0.2, 0) is 0 Å². The van der Waals surface area contributed by atoms with Gasteiger partial charge in [0, 0.05) is 32.9 Å². The Balaban J connectivity index is 1.00. The first kappa shape index (κ1) is 33.3. The Hall–Kier alpha value is -7.30. The molecule has 2 aromatic heterocycles. The van der Waals surface area contributed by atoms with Gasteiger partial charge in [-0.05, 0) is 119 Å². The largest absolute Gasteiger partial charge is 0.276 e. The van der Waals surface area contributed by atoms with Crippen molar-refractivity contribution in [3.8, 4) is 44.8 Å². The molecule has 0 N–H and O–H groups in total. The van der Waals surface area contributed by atoms with Crippen LogP contribution in [0.2, 0.25) is 0 Å². The van der Waals surface area contributed by atoms with Gasteiger partial charge in [-0.25, -0.2) is 0 Å². The summed E-state index contributed by atoms with van der Waals surface area (Å²) >= 11 is 0. The van der Waals surface area contributed by atoms with Gasteiger partial charge in [-0.3, -0.25) is 18.7 Å². The second-order valence-corrected chi connectivity index (χ2v) is 14.7. The third-order valence-electron chi connectivity index (χ3n) is 11.1. The van der Waals surface area contributed by atoms with E-state index in [1.165, 1.54) is 0 Å². The molecule has 8 aromatic carbocycles. The van der Waals surface area contributed by atoms with Crippen LogP contribution in [0.4, 0.5) is 0 Å². The minimum atomic E-state index is -0.0104. The van der Waals surface area contributed by atoms with Crippen LogP contribution in [0, 0.1) is 13.8 Å². The molecule has 2 heterocycles. The van der Waals surface area contributed by atoms with E-state index in [-0.39, 0.29) is 11.1 Å². The molecule has 56 heavy (non-hydrogen) atoms. The van der Waals surface area contributed by atoms with Gasteiger partial charge < -0.3 is 0 Å². The maximum Gasteiger partial charge on any atom is 0.263 e. The summed E-state index contributed by atoms with van der Waals surface area (Å²) in [5, 5.41) is 5.44. The van der Waals surface area contributed by atoms with Crippen LogP contribution in [0.15, 0.2) is 192 Å². The Morgan fingerprint density at radius 1 is 0.304 bits per heavy atom. The predicted octanol–water partition coefficient (Wildman–Crippen LogP) is 12.2. The number of hydrogen-bond acceptors (Lipinski definition) is 2. The molecular formula is C52H36N2O2. The van der Waals surface area contributed by atoms with Crippen LogP contribution < -0.4 is 11.1 Å². The van der Waals surface area contributed by atoms with Gasteiger partial charge in [0.1, 0.15) is 0 Å². The highest BCUT2D eigenvalue weighted by atomic mass is 16.1. The van der Waals surface area contributed by atoms with Crippen molar-refractivity contribution in [2.45, 2.75) is 13.8 Å². The van der Waals surface area contributed by atoms with Gasteiger partial charge in [0.25, 0.3) is 11.1 Å². The Kier molecular flexibility index (Phi) is 7.86. The lowest BCUT2D eigenvalue weighted by atomic mass is 9.95. The molecule has 0 saturated carbocycles. The predicted molar refractivity (Wildman–Crippen MR) is 233 cm³/mol. The van der Waals surface area contributed by atoms with Gasteiger partial charge in [0.05, 0.1) is 11.0 Å². The molecule has 0 spiro atoms. The number of nitrogens with zero attached hydrogens (tertiary/aromatic N) is 2. The van der Waals surface area contributed by atoms with Crippen molar-refractivity contribution in [1.82, 2.24) is 9.13 Å². The lowest BCUT2D eigenvalue weighted by Gasteiger charge is -2.15. The molecule has 0 saturated heterocycles. The standard InChI is InChI=1S/C52H36N2O2/c1-33-13-25-43-45-31-39(23-27-49(45)53(51(55)47(43)29-33)41-9-5-3-6-10-41)37-19-15-35(16-20-37)36-17-21-38(22-18-36)40-24-28-50-46(32-40)44-26-14-34(2)30-48(44)52(56)54(50)42-11-7-4-8-12-42/h3-32H,1-2H3. The fourth-order valence-electron chi connectivity index (χ4n) is 8.23. The Morgan fingerprint density at radius 2 is 0.643 bits per heavy atom. The molecule has 0 atom stereocenters. The maximum atomic E-state index is 13.9. The Morgan fingerprint density at radius 3 is 1.02 bits per heavy atom. The number of para-hydroxylation sites is 2. The summed E-state index contributed by atoms with van der Waals surface area (Å²) < 4.78 is 3.66. The summed E-state index contributed by atoms with van der Waals surface area (Å²) in [7, 11) is 0. The van der Waals surface area contributed by atoms with Crippen LogP contribution in [-0.4, -0.2) is 9.13 Å². The van der Waals surface area contributed by atoms with Crippen molar-refractivity contribution in [2.75, 3.05) is 0 Å². The second-order valence-electron chi connectivity index (χ2n) is 14.7. The number of aryl methyl sites for hydroxylation is 2. The Bertz CT molecular complexity index is 3050. The zero-order chi connectivity index (χ0) is 37.9. The molecule has 10 aromatic rings. The van der Waals surface area contributed by atoms with E-state index in [1.807, 2.05) is 95.8 Å². The van der Waals surface area contributed by atoms with Crippen molar-refractivity contribution in [3.05, 3.63) is 214 Å². The van der Waals surface area contributed by atoms with E-state index in [1.54, 1.807) is 0 Å². The molecule has 0 unspecified atom stereocenters. The van der Waals surface area contributed by atoms with Crippen LogP contribution in [0.5, 0.6) is 0 Å². The quantitative estimate of drug-likeness (QED) is 0.166. The molecular weight excluding hydrogens is 685 g/mol. The zero-order valence-electron chi connectivity index (χ0n) is 31.0. The summed E-state index contributed by atoms with van der Waals surface area (Å²) in [6, 6.07) is 62.2. The summed E-state index contributed by atoms with van der Waals surface area (Å²) in [4.78, 5) is 27.7. The molecule has 10 rings (SSSR count). The number of benzene rings is 8. The number of hydrogen-bond donors (Lipinski definition) is 0. The first-order chi connectivity index (χ1) is 27.4.